The number of fused-ring (bicyclic) bond motifs is 2. The van der Waals surface area contributed by atoms with E-state index in [2.05, 4.69) is 15.6 Å². The molecular weight excluding hydrogens is 518 g/mol. The lowest BCUT2D eigenvalue weighted by Gasteiger charge is -2.31. The van der Waals surface area contributed by atoms with Gasteiger partial charge in [-0.2, -0.15) is 0 Å². The van der Waals surface area contributed by atoms with Crippen LogP contribution < -0.4 is 5.32 Å². The fourth-order valence-corrected chi connectivity index (χ4v) is 5.39. The number of hydrogen-bond donors (Lipinski definition) is 1. The first-order chi connectivity index (χ1) is 20.0. The molecule has 10 heteroatoms. The summed E-state index contributed by atoms with van der Waals surface area (Å²) in [6.07, 6.45) is 1.82. The van der Waals surface area contributed by atoms with Crippen LogP contribution in [0.5, 0.6) is 0 Å². The molecule has 1 aliphatic heterocycles. The standard InChI is InChI=1S/C31H33N7O3/c1-21-13-15-22(16-14-21)19-37(28(39)20-38-27-12-6-4-10-25(27)34-35-38)29(31(40)32-18-23-8-7-17-41-23)30-33-24-9-3-5-11-26(24)36(30)2/h3-6,9-16,23,29H,7-8,17-20H2,1-2H3,(H,32,40)/t23-,29+/m1/s1. The second-order valence-electron chi connectivity index (χ2n) is 10.5. The Balaban J connectivity index is 1.41. The molecule has 1 N–H and O–H groups in total. The summed E-state index contributed by atoms with van der Waals surface area (Å²) in [5, 5.41) is 11.5. The molecule has 0 saturated carbocycles. The smallest absolute Gasteiger partial charge is 0.250 e. The van der Waals surface area contributed by atoms with Crippen LogP contribution in [0.2, 0.25) is 0 Å². The van der Waals surface area contributed by atoms with Gasteiger partial charge in [-0.05, 0) is 49.6 Å². The maximum atomic E-state index is 14.2. The Labute approximate surface area is 237 Å². The van der Waals surface area contributed by atoms with E-state index < -0.39 is 6.04 Å². The van der Waals surface area contributed by atoms with E-state index in [4.69, 9.17) is 9.72 Å². The van der Waals surface area contributed by atoms with Gasteiger partial charge in [-0.3, -0.25) is 9.59 Å². The number of benzene rings is 3. The number of para-hydroxylation sites is 3. The fraction of sp³-hybridized carbons (Fsp3) is 0.323. The molecule has 0 unspecified atom stereocenters. The molecule has 1 aliphatic rings. The number of amides is 2. The van der Waals surface area contributed by atoms with Crippen LogP contribution in [0.4, 0.5) is 0 Å². The third-order valence-electron chi connectivity index (χ3n) is 7.65. The fourth-order valence-electron chi connectivity index (χ4n) is 5.39. The van der Waals surface area contributed by atoms with Crippen molar-refractivity contribution in [3.05, 3.63) is 89.7 Å². The van der Waals surface area contributed by atoms with Crippen molar-refractivity contribution in [3.63, 3.8) is 0 Å². The van der Waals surface area contributed by atoms with Crippen LogP contribution in [0.1, 0.15) is 35.8 Å². The van der Waals surface area contributed by atoms with Crippen molar-refractivity contribution < 1.29 is 14.3 Å². The first-order valence-electron chi connectivity index (χ1n) is 13.9. The lowest BCUT2D eigenvalue weighted by atomic mass is 10.1. The highest BCUT2D eigenvalue weighted by molar-refractivity contribution is 5.90. The van der Waals surface area contributed by atoms with Gasteiger partial charge in [-0.15, -0.1) is 5.10 Å². The summed E-state index contributed by atoms with van der Waals surface area (Å²) in [7, 11) is 1.88. The van der Waals surface area contributed by atoms with Crippen molar-refractivity contribution in [3.8, 4) is 0 Å². The highest BCUT2D eigenvalue weighted by atomic mass is 16.5. The van der Waals surface area contributed by atoms with E-state index in [9.17, 15) is 9.59 Å². The zero-order valence-electron chi connectivity index (χ0n) is 23.2. The summed E-state index contributed by atoms with van der Waals surface area (Å²) in [5.74, 6) is -0.0895. The average molecular weight is 552 g/mol. The van der Waals surface area contributed by atoms with Crippen molar-refractivity contribution >= 4 is 33.9 Å². The van der Waals surface area contributed by atoms with Gasteiger partial charge in [0.2, 0.25) is 5.91 Å². The number of rotatable bonds is 9. The number of hydrogen-bond acceptors (Lipinski definition) is 6. The zero-order valence-corrected chi connectivity index (χ0v) is 23.2. The third kappa shape index (κ3) is 5.55. The molecule has 1 saturated heterocycles. The van der Waals surface area contributed by atoms with Gasteiger partial charge in [0.1, 0.15) is 17.9 Å². The second kappa shape index (κ2) is 11.5. The molecule has 0 bridgehead atoms. The molecule has 3 heterocycles. The number of nitrogens with zero attached hydrogens (tertiary/aromatic N) is 6. The maximum absolute atomic E-state index is 14.2. The second-order valence-corrected chi connectivity index (χ2v) is 10.5. The monoisotopic (exact) mass is 551 g/mol. The summed E-state index contributed by atoms with van der Waals surface area (Å²) in [6.45, 7) is 3.22. The molecule has 0 radical (unpaired) electrons. The number of imidazole rings is 1. The molecule has 5 aromatic rings. The number of nitrogens with one attached hydrogen (secondary N) is 1. The molecular formula is C31H33N7O3. The zero-order chi connectivity index (χ0) is 28.3. The average Bonchev–Trinajstić information content (AvgIpc) is 3.73. The first kappa shape index (κ1) is 26.6. The van der Waals surface area contributed by atoms with Crippen LogP contribution in [-0.2, 0) is 34.5 Å². The number of ether oxygens (including phenoxy) is 1. The van der Waals surface area contributed by atoms with E-state index in [0.29, 0.717) is 24.5 Å². The molecule has 210 valence electrons. The molecule has 3 aromatic carbocycles. The predicted molar refractivity (Wildman–Crippen MR) is 155 cm³/mol. The molecule has 10 nitrogen and oxygen atoms in total. The summed E-state index contributed by atoms with van der Waals surface area (Å²) in [4.78, 5) is 34.8. The maximum Gasteiger partial charge on any atom is 0.250 e. The number of carbonyl (C=O) groups excluding carboxylic acids is 2. The molecule has 0 aliphatic carbocycles. The van der Waals surface area contributed by atoms with E-state index >= 15 is 0 Å². The van der Waals surface area contributed by atoms with E-state index in [1.54, 1.807) is 9.58 Å². The Bertz CT molecular complexity index is 1690. The van der Waals surface area contributed by atoms with Gasteiger partial charge >= 0.3 is 0 Å². The van der Waals surface area contributed by atoms with Crippen molar-refractivity contribution in [2.24, 2.45) is 7.05 Å². The van der Waals surface area contributed by atoms with Crippen LogP contribution in [0, 0.1) is 6.92 Å². The van der Waals surface area contributed by atoms with Crippen molar-refractivity contribution in [1.82, 2.24) is 34.8 Å². The van der Waals surface area contributed by atoms with E-state index in [-0.39, 0.29) is 31.0 Å². The number of aryl methyl sites for hydroxylation is 2. The highest BCUT2D eigenvalue weighted by Crippen LogP contribution is 2.27. The predicted octanol–water partition coefficient (Wildman–Crippen LogP) is 3.69. The third-order valence-corrected chi connectivity index (χ3v) is 7.65. The minimum atomic E-state index is -0.989. The molecule has 0 spiro atoms. The minimum absolute atomic E-state index is 0.0391. The Kier molecular flexibility index (Phi) is 7.47. The molecule has 1 fully saturated rings. The highest BCUT2D eigenvalue weighted by Gasteiger charge is 2.36. The van der Waals surface area contributed by atoms with Gasteiger partial charge in [-0.25, -0.2) is 9.67 Å². The lowest BCUT2D eigenvalue weighted by molar-refractivity contribution is -0.142. The lowest BCUT2D eigenvalue weighted by Crippen LogP contribution is -2.47. The molecule has 2 atom stereocenters. The Hall–Kier alpha value is -4.57. The minimum Gasteiger partial charge on any atom is -0.376 e. The van der Waals surface area contributed by atoms with Gasteiger partial charge in [0.05, 0.1) is 22.7 Å². The Morgan fingerprint density at radius 3 is 2.49 bits per heavy atom. The largest absolute Gasteiger partial charge is 0.376 e. The van der Waals surface area contributed by atoms with Crippen molar-refractivity contribution in [2.45, 2.75) is 45.0 Å². The SMILES string of the molecule is Cc1ccc(CN(C(=O)Cn2nnc3ccccc32)[C@H](C(=O)NC[C@H]2CCCO2)c2nc3ccccc3n2C)cc1. The van der Waals surface area contributed by atoms with Gasteiger partial charge in [0.15, 0.2) is 6.04 Å². The van der Waals surface area contributed by atoms with Gasteiger partial charge in [0, 0.05) is 26.7 Å². The Morgan fingerprint density at radius 1 is 1.02 bits per heavy atom. The van der Waals surface area contributed by atoms with Crippen molar-refractivity contribution in [1.29, 1.82) is 0 Å². The summed E-state index contributed by atoms with van der Waals surface area (Å²) in [5.41, 5.74) is 5.10. The number of aromatic nitrogens is 5. The molecule has 41 heavy (non-hydrogen) atoms. The van der Waals surface area contributed by atoms with E-state index in [0.717, 1.165) is 40.5 Å². The molecule has 2 aromatic heterocycles. The topological polar surface area (TPSA) is 107 Å². The normalized spacial score (nSPS) is 15.8. The summed E-state index contributed by atoms with van der Waals surface area (Å²) >= 11 is 0. The van der Waals surface area contributed by atoms with Crippen LogP contribution in [-0.4, -0.2) is 60.5 Å². The van der Waals surface area contributed by atoms with Crippen LogP contribution in [0.3, 0.4) is 0 Å². The summed E-state index contributed by atoms with van der Waals surface area (Å²) < 4.78 is 9.23. The molecule has 2 amide bonds. The van der Waals surface area contributed by atoms with Crippen molar-refractivity contribution in [2.75, 3.05) is 13.2 Å². The summed E-state index contributed by atoms with van der Waals surface area (Å²) in [6, 6.07) is 22.2. The Morgan fingerprint density at radius 2 is 1.76 bits per heavy atom. The van der Waals surface area contributed by atoms with E-state index in [1.807, 2.05) is 91.3 Å². The van der Waals surface area contributed by atoms with E-state index in [1.165, 1.54) is 0 Å². The van der Waals surface area contributed by atoms with Crippen LogP contribution in [0.15, 0.2) is 72.8 Å². The number of carbonyl (C=O) groups is 2. The first-order valence-corrected chi connectivity index (χ1v) is 13.9. The molecule has 6 rings (SSSR count). The van der Waals surface area contributed by atoms with Gasteiger partial charge in [-0.1, -0.05) is 59.3 Å². The van der Waals surface area contributed by atoms with Crippen LogP contribution >= 0.6 is 0 Å². The van der Waals surface area contributed by atoms with Crippen LogP contribution in [0.25, 0.3) is 22.1 Å². The van der Waals surface area contributed by atoms with Gasteiger partial charge < -0.3 is 19.5 Å². The van der Waals surface area contributed by atoms with Gasteiger partial charge in [0.25, 0.3) is 5.91 Å². The quantitative estimate of drug-likeness (QED) is 0.300.